The Balaban J connectivity index is 3.10. The Hall–Kier alpha value is -0.820. The van der Waals surface area contributed by atoms with Gasteiger partial charge >= 0.3 is 0 Å². The Morgan fingerprint density at radius 3 is 2.11 bits per heavy atom. The number of hydrogen-bond acceptors (Lipinski definition) is 1. The molecule has 1 aromatic carbocycles. The summed E-state index contributed by atoms with van der Waals surface area (Å²) in [6.45, 7) is 13.9. The third-order valence-electron chi connectivity index (χ3n) is 3.40. The topological polar surface area (TPSA) is 20.2 Å². The lowest BCUT2D eigenvalue weighted by molar-refractivity contribution is 0.228. The zero-order valence-electron chi connectivity index (χ0n) is 12.7. The predicted octanol–water partition coefficient (Wildman–Crippen LogP) is 4.74. The van der Waals surface area contributed by atoms with Crippen LogP contribution in [0, 0.1) is 10.8 Å². The maximum atomic E-state index is 9.28. The molecule has 0 aliphatic heterocycles. The predicted molar refractivity (Wildman–Crippen MR) is 78.6 cm³/mol. The first-order valence-corrected chi connectivity index (χ1v) is 6.83. The highest BCUT2D eigenvalue weighted by molar-refractivity contribution is 5.27. The first-order chi connectivity index (χ1) is 8.13. The lowest BCUT2D eigenvalue weighted by Crippen LogP contribution is -2.23. The molecule has 0 heterocycles. The molecule has 1 rings (SSSR count). The van der Waals surface area contributed by atoms with E-state index in [-0.39, 0.29) is 12.0 Å². The van der Waals surface area contributed by atoms with E-state index >= 15 is 0 Å². The normalized spacial score (nSPS) is 14.6. The van der Waals surface area contributed by atoms with Crippen molar-refractivity contribution in [3.63, 3.8) is 0 Å². The summed E-state index contributed by atoms with van der Waals surface area (Å²) in [7, 11) is 0. The van der Waals surface area contributed by atoms with Crippen molar-refractivity contribution < 1.29 is 5.11 Å². The second kappa shape index (κ2) is 5.44. The second-order valence-electron chi connectivity index (χ2n) is 7.59. The van der Waals surface area contributed by atoms with E-state index in [4.69, 9.17) is 0 Å². The van der Waals surface area contributed by atoms with Gasteiger partial charge in [-0.1, -0.05) is 65.8 Å². The number of aliphatic hydroxyl groups is 1. The summed E-state index contributed by atoms with van der Waals surface area (Å²) in [5, 5.41) is 9.28. The minimum absolute atomic E-state index is 0.125. The molecule has 1 N–H and O–H groups in total. The highest BCUT2D eigenvalue weighted by Crippen LogP contribution is 2.43. The molecule has 102 valence electrons. The van der Waals surface area contributed by atoms with Crippen LogP contribution in [0.25, 0.3) is 0 Å². The smallest absolute Gasteiger partial charge is 0.0681 e. The van der Waals surface area contributed by atoms with E-state index in [1.54, 1.807) is 0 Å². The zero-order valence-corrected chi connectivity index (χ0v) is 12.7. The minimum Gasteiger partial charge on any atom is -0.392 e. The van der Waals surface area contributed by atoms with Crippen LogP contribution in [0.3, 0.4) is 0 Å². The van der Waals surface area contributed by atoms with Gasteiger partial charge in [-0.25, -0.2) is 0 Å². The van der Waals surface area contributed by atoms with Crippen LogP contribution >= 0.6 is 0 Å². The van der Waals surface area contributed by atoms with Gasteiger partial charge in [0, 0.05) is 0 Å². The Morgan fingerprint density at radius 2 is 1.67 bits per heavy atom. The molecule has 0 bridgehead atoms. The van der Waals surface area contributed by atoms with Crippen LogP contribution in [0.15, 0.2) is 24.3 Å². The maximum absolute atomic E-state index is 9.28. The van der Waals surface area contributed by atoms with Gasteiger partial charge in [0.05, 0.1) is 6.61 Å². The summed E-state index contributed by atoms with van der Waals surface area (Å²) in [5.74, 6) is 0.518. The molecule has 0 saturated carbocycles. The van der Waals surface area contributed by atoms with E-state index in [0.717, 1.165) is 12.0 Å². The van der Waals surface area contributed by atoms with Gasteiger partial charge in [-0.15, -0.1) is 0 Å². The van der Waals surface area contributed by atoms with Crippen molar-refractivity contribution >= 4 is 0 Å². The quantitative estimate of drug-likeness (QED) is 0.818. The SMILES string of the molecule is CC(C)(C)CC(c1cccc(CO)c1)C(C)(C)C. The van der Waals surface area contributed by atoms with Crippen LogP contribution < -0.4 is 0 Å². The van der Waals surface area contributed by atoms with Gasteiger partial charge in [-0.2, -0.15) is 0 Å². The van der Waals surface area contributed by atoms with Crippen LogP contribution in [0.1, 0.15) is 65.0 Å². The van der Waals surface area contributed by atoms with Crippen molar-refractivity contribution in [3.05, 3.63) is 35.4 Å². The maximum Gasteiger partial charge on any atom is 0.0681 e. The van der Waals surface area contributed by atoms with Crippen molar-refractivity contribution in [1.82, 2.24) is 0 Å². The molecule has 1 aromatic rings. The molecular formula is C17H28O. The van der Waals surface area contributed by atoms with E-state index in [1.807, 2.05) is 6.07 Å². The van der Waals surface area contributed by atoms with Gasteiger partial charge in [0.25, 0.3) is 0 Å². The summed E-state index contributed by atoms with van der Waals surface area (Å²) in [6, 6.07) is 8.39. The molecule has 18 heavy (non-hydrogen) atoms. The Kier molecular flexibility index (Phi) is 4.61. The molecule has 1 unspecified atom stereocenters. The van der Waals surface area contributed by atoms with Crippen molar-refractivity contribution in [2.75, 3.05) is 0 Å². The number of hydrogen-bond donors (Lipinski definition) is 1. The van der Waals surface area contributed by atoms with Crippen LogP contribution in [-0.4, -0.2) is 5.11 Å². The minimum atomic E-state index is 0.125. The molecular weight excluding hydrogens is 220 g/mol. The molecule has 1 nitrogen and oxygen atoms in total. The highest BCUT2D eigenvalue weighted by Gasteiger charge is 2.30. The van der Waals surface area contributed by atoms with Gasteiger partial charge in [0.15, 0.2) is 0 Å². The van der Waals surface area contributed by atoms with E-state index in [2.05, 4.69) is 59.7 Å². The summed E-state index contributed by atoms with van der Waals surface area (Å²) < 4.78 is 0. The van der Waals surface area contributed by atoms with E-state index in [1.165, 1.54) is 5.56 Å². The average molecular weight is 248 g/mol. The van der Waals surface area contributed by atoms with Crippen LogP contribution in [0.5, 0.6) is 0 Å². The Bertz CT molecular complexity index is 379. The fourth-order valence-electron chi connectivity index (χ4n) is 2.44. The summed E-state index contributed by atoms with van der Waals surface area (Å²) >= 11 is 0. The van der Waals surface area contributed by atoms with Crippen molar-refractivity contribution in [3.8, 4) is 0 Å². The fourth-order valence-corrected chi connectivity index (χ4v) is 2.44. The fraction of sp³-hybridized carbons (Fsp3) is 0.647. The van der Waals surface area contributed by atoms with Gasteiger partial charge in [-0.05, 0) is 34.3 Å². The van der Waals surface area contributed by atoms with Gasteiger partial charge in [0.2, 0.25) is 0 Å². The van der Waals surface area contributed by atoms with Crippen molar-refractivity contribution in [2.45, 2.75) is 60.5 Å². The highest BCUT2D eigenvalue weighted by atomic mass is 16.3. The number of rotatable bonds is 3. The summed E-state index contributed by atoms with van der Waals surface area (Å²) in [4.78, 5) is 0. The first-order valence-electron chi connectivity index (χ1n) is 6.83. The number of benzene rings is 1. The third-order valence-corrected chi connectivity index (χ3v) is 3.40. The number of aliphatic hydroxyl groups excluding tert-OH is 1. The van der Waals surface area contributed by atoms with E-state index in [9.17, 15) is 5.11 Å². The molecule has 0 saturated heterocycles. The van der Waals surface area contributed by atoms with Crippen molar-refractivity contribution in [2.24, 2.45) is 10.8 Å². The van der Waals surface area contributed by atoms with E-state index in [0.29, 0.717) is 11.3 Å². The van der Waals surface area contributed by atoms with Crippen LogP contribution in [-0.2, 0) is 6.61 Å². The molecule has 0 fully saturated rings. The standard InChI is InChI=1S/C17H28O/c1-16(2,3)11-15(17(4,5)6)14-9-7-8-13(10-14)12-18/h7-10,15,18H,11-12H2,1-6H3. The molecule has 1 heteroatoms. The molecule has 0 aromatic heterocycles. The molecule has 0 spiro atoms. The zero-order chi connectivity index (χ0) is 14.0. The summed E-state index contributed by atoms with van der Waals surface area (Å²) in [6.07, 6.45) is 1.16. The Labute approximate surface area is 112 Å². The lowest BCUT2D eigenvalue weighted by Gasteiger charge is -2.36. The summed E-state index contributed by atoms with van der Waals surface area (Å²) in [5.41, 5.74) is 2.91. The third kappa shape index (κ3) is 4.45. The van der Waals surface area contributed by atoms with Crippen molar-refractivity contribution in [1.29, 1.82) is 0 Å². The lowest BCUT2D eigenvalue weighted by atomic mass is 9.69. The largest absolute Gasteiger partial charge is 0.392 e. The van der Waals surface area contributed by atoms with Gasteiger partial charge in [-0.3, -0.25) is 0 Å². The monoisotopic (exact) mass is 248 g/mol. The molecule has 0 aliphatic carbocycles. The first kappa shape index (κ1) is 15.2. The van der Waals surface area contributed by atoms with Gasteiger partial charge < -0.3 is 5.11 Å². The van der Waals surface area contributed by atoms with Crippen LogP contribution in [0.4, 0.5) is 0 Å². The van der Waals surface area contributed by atoms with E-state index < -0.39 is 0 Å². The van der Waals surface area contributed by atoms with Gasteiger partial charge in [0.1, 0.15) is 0 Å². The molecule has 0 radical (unpaired) electrons. The Morgan fingerprint density at radius 1 is 1.06 bits per heavy atom. The molecule has 0 amide bonds. The second-order valence-corrected chi connectivity index (χ2v) is 7.59. The average Bonchev–Trinajstić information content (AvgIpc) is 2.23. The molecule has 0 aliphatic rings. The van der Waals surface area contributed by atoms with Crippen LogP contribution in [0.2, 0.25) is 0 Å². The molecule has 1 atom stereocenters.